The van der Waals surface area contributed by atoms with Gasteiger partial charge in [-0.1, -0.05) is 30.3 Å². The predicted molar refractivity (Wildman–Crippen MR) is 119 cm³/mol. The Bertz CT molecular complexity index is 988. The smallest absolute Gasteiger partial charge is 0.408 e. The van der Waals surface area contributed by atoms with Crippen molar-refractivity contribution in [3.63, 3.8) is 0 Å². The number of methoxy groups -OCH3 is 2. The van der Waals surface area contributed by atoms with E-state index >= 15 is 0 Å². The van der Waals surface area contributed by atoms with Crippen LogP contribution in [0, 0.1) is 0 Å². The average molecular weight is 465 g/mol. The van der Waals surface area contributed by atoms with Gasteiger partial charge in [0.25, 0.3) is 0 Å². The third-order valence-corrected chi connectivity index (χ3v) is 5.45. The predicted octanol–water partition coefficient (Wildman–Crippen LogP) is 2.05. The molecule has 10 heteroatoms. The summed E-state index contributed by atoms with van der Waals surface area (Å²) in [6, 6.07) is 13.1. The van der Waals surface area contributed by atoms with E-state index in [0.29, 0.717) is 17.1 Å². The normalized spacial score (nSPS) is 11.8. The molecule has 0 radical (unpaired) electrons. The number of carbonyl (C=O) groups is 2. The third-order valence-electron chi connectivity index (χ3n) is 4.48. The van der Waals surface area contributed by atoms with Crippen molar-refractivity contribution >= 4 is 21.8 Å². The van der Waals surface area contributed by atoms with Crippen LogP contribution in [0.4, 0.5) is 4.79 Å². The maximum atomic E-state index is 12.7. The van der Waals surface area contributed by atoms with Crippen LogP contribution in [-0.2, 0) is 32.5 Å². The lowest BCUT2D eigenvalue weighted by Gasteiger charge is -2.18. The number of carbonyl (C=O) groups excluding carboxylic acids is 2. The molecule has 2 rings (SSSR count). The molecular formula is C22H28N2O7S. The molecule has 174 valence electrons. The van der Waals surface area contributed by atoms with E-state index in [0.717, 1.165) is 11.8 Å². The Hall–Kier alpha value is -3.27. The van der Waals surface area contributed by atoms with Crippen molar-refractivity contribution in [3.8, 4) is 11.5 Å². The summed E-state index contributed by atoms with van der Waals surface area (Å²) >= 11 is 0. The zero-order chi connectivity index (χ0) is 23.6. The van der Waals surface area contributed by atoms with Crippen molar-refractivity contribution in [1.82, 2.24) is 10.6 Å². The highest BCUT2D eigenvalue weighted by atomic mass is 32.2. The van der Waals surface area contributed by atoms with Gasteiger partial charge in [-0.25, -0.2) is 13.2 Å². The maximum Gasteiger partial charge on any atom is 0.408 e. The van der Waals surface area contributed by atoms with Crippen LogP contribution < -0.4 is 20.1 Å². The molecule has 0 aliphatic heterocycles. The van der Waals surface area contributed by atoms with Gasteiger partial charge in [0.1, 0.15) is 34.0 Å². The SMILES string of the molecule is COc1cc(CNC(=O)C(CCS(C)(=O)=O)NC(=O)OCc2ccccc2)cc(OC)c1. The molecule has 0 spiro atoms. The second kappa shape index (κ2) is 11.9. The number of amides is 2. The van der Waals surface area contributed by atoms with E-state index in [1.165, 1.54) is 14.2 Å². The zero-order valence-corrected chi connectivity index (χ0v) is 19.1. The van der Waals surface area contributed by atoms with Gasteiger partial charge in [0.2, 0.25) is 5.91 Å². The van der Waals surface area contributed by atoms with Gasteiger partial charge in [-0.3, -0.25) is 4.79 Å². The van der Waals surface area contributed by atoms with Crippen molar-refractivity contribution in [2.75, 3.05) is 26.2 Å². The summed E-state index contributed by atoms with van der Waals surface area (Å²) in [6.07, 6.45) is 0.163. The van der Waals surface area contributed by atoms with E-state index in [-0.39, 0.29) is 25.3 Å². The van der Waals surface area contributed by atoms with Crippen LogP contribution in [0.15, 0.2) is 48.5 Å². The number of sulfone groups is 1. The van der Waals surface area contributed by atoms with E-state index in [1.807, 2.05) is 18.2 Å². The number of hydrogen-bond acceptors (Lipinski definition) is 7. The quantitative estimate of drug-likeness (QED) is 0.522. The van der Waals surface area contributed by atoms with Crippen molar-refractivity contribution in [3.05, 3.63) is 59.7 Å². The van der Waals surface area contributed by atoms with Gasteiger partial charge in [-0.2, -0.15) is 0 Å². The minimum absolute atomic E-state index is 0.0245. The first-order valence-electron chi connectivity index (χ1n) is 9.85. The maximum absolute atomic E-state index is 12.7. The Morgan fingerprint density at radius 3 is 2.16 bits per heavy atom. The molecule has 2 N–H and O–H groups in total. The molecule has 0 aliphatic carbocycles. The molecule has 9 nitrogen and oxygen atoms in total. The summed E-state index contributed by atoms with van der Waals surface area (Å²) in [5, 5.41) is 5.16. The van der Waals surface area contributed by atoms with E-state index in [9.17, 15) is 18.0 Å². The lowest BCUT2D eigenvalue weighted by atomic mass is 10.1. The number of benzene rings is 2. The highest BCUT2D eigenvalue weighted by molar-refractivity contribution is 7.90. The average Bonchev–Trinajstić information content (AvgIpc) is 2.78. The van der Waals surface area contributed by atoms with Gasteiger partial charge in [-0.05, 0) is 29.7 Å². The van der Waals surface area contributed by atoms with E-state index in [2.05, 4.69) is 10.6 Å². The van der Waals surface area contributed by atoms with Gasteiger partial charge in [0.05, 0.1) is 20.0 Å². The molecule has 1 atom stereocenters. The fourth-order valence-electron chi connectivity index (χ4n) is 2.79. The van der Waals surface area contributed by atoms with Crippen LogP contribution >= 0.6 is 0 Å². The fraction of sp³-hybridized carbons (Fsp3) is 0.364. The molecule has 0 aromatic heterocycles. The standard InChI is InChI=1S/C22H28N2O7S/c1-29-18-11-17(12-19(13-18)30-2)14-23-21(25)20(9-10-32(3,27)28)24-22(26)31-15-16-7-5-4-6-8-16/h4-8,11-13,20H,9-10,14-15H2,1-3H3,(H,23,25)(H,24,26). The van der Waals surface area contributed by atoms with Crippen molar-refractivity contribution in [2.24, 2.45) is 0 Å². The van der Waals surface area contributed by atoms with Crippen LogP contribution in [-0.4, -0.2) is 52.7 Å². The largest absolute Gasteiger partial charge is 0.497 e. The Balaban J connectivity index is 2.01. The van der Waals surface area contributed by atoms with E-state index in [4.69, 9.17) is 14.2 Å². The van der Waals surface area contributed by atoms with Gasteiger partial charge >= 0.3 is 6.09 Å². The molecule has 0 bridgehead atoms. The second-order valence-electron chi connectivity index (χ2n) is 7.12. The van der Waals surface area contributed by atoms with Crippen LogP contribution in [0.2, 0.25) is 0 Å². The number of alkyl carbamates (subject to hydrolysis) is 1. The molecule has 1 unspecified atom stereocenters. The van der Waals surface area contributed by atoms with Crippen molar-refractivity contribution in [1.29, 1.82) is 0 Å². The summed E-state index contributed by atoms with van der Waals surface area (Å²) in [5.74, 6) is 0.318. The monoisotopic (exact) mass is 464 g/mol. The van der Waals surface area contributed by atoms with Crippen LogP contribution in [0.5, 0.6) is 11.5 Å². The lowest BCUT2D eigenvalue weighted by Crippen LogP contribution is -2.47. The highest BCUT2D eigenvalue weighted by Crippen LogP contribution is 2.22. The molecule has 2 aromatic rings. The molecule has 0 saturated carbocycles. The number of ether oxygens (including phenoxy) is 3. The molecule has 0 saturated heterocycles. The summed E-state index contributed by atoms with van der Waals surface area (Å²) in [4.78, 5) is 24.9. The molecule has 32 heavy (non-hydrogen) atoms. The summed E-state index contributed by atoms with van der Waals surface area (Å²) in [5.41, 5.74) is 1.50. The molecular weight excluding hydrogens is 436 g/mol. The Labute approximate surface area is 188 Å². The highest BCUT2D eigenvalue weighted by Gasteiger charge is 2.23. The molecule has 2 aromatic carbocycles. The molecule has 0 fully saturated rings. The Morgan fingerprint density at radius 1 is 0.969 bits per heavy atom. The van der Waals surface area contributed by atoms with Crippen molar-refractivity contribution in [2.45, 2.75) is 25.6 Å². The van der Waals surface area contributed by atoms with E-state index < -0.39 is 27.9 Å². The fourth-order valence-corrected chi connectivity index (χ4v) is 3.45. The Morgan fingerprint density at radius 2 is 1.59 bits per heavy atom. The van der Waals surface area contributed by atoms with Crippen molar-refractivity contribution < 1.29 is 32.2 Å². The zero-order valence-electron chi connectivity index (χ0n) is 18.3. The van der Waals surface area contributed by atoms with Gasteiger partial charge < -0.3 is 24.8 Å². The first-order chi connectivity index (χ1) is 15.2. The number of nitrogens with one attached hydrogen (secondary N) is 2. The summed E-state index contributed by atoms with van der Waals surface area (Å²) in [7, 11) is -0.300. The van der Waals surface area contributed by atoms with Gasteiger partial charge in [0.15, 0.2) is 0 Å². The van der Waals surface area contributed by atoms with Crippen LogP contribution in [0.1, 0.15) is 17.5 Å². The first kappa shape index (κ1) is 25.0. The third kappa shape index (κ3) is 8.84. The minimum atomic E-state index is -3.33. The Kier molecular flexibility index (Phi) is 9.33. The van der Waals surface area contributed by atoms with Gasteiger partial charge in [0, 0.05) is 18.9 Å². The lowest BCUT2D eigenvalue weighted by molar-refractivity contribution is -0.123. The molecule has 0 heterocycles. The minimum Gasteiger partial charge on any atom is -0.497 e. The molecule has 0 aliphatic rings. The van der Waals surface area contributed by atoms with Crippen LogP contribution in [0.25, 0.3) is 0 Å². The second-order valence-corrected chi connectivity index (χ2v) is 9.38. The van der Waals surface area contributed by atoms with Gasteiger partial charge in [-0.15, -0.1) is 0 Å². The summed E-state index contributed by atoms with van der Waals surface area (Å²) < 4.78 is 38.7. The summed E-state index contributed by atoms with van der Waals surface area (Å²) in [6.45, 7) is 0.152. The van der Waals surface area contributed by atoms with Crippen LogP contribution in [0.3, 0.4) is 0 Å². The number of hydrogen-bond donors (Lipinski definition) is 2. The van der Waals surface area contributed by atoms with E-state index in [1.54, 1.807) is 30.3 Å². The first-order valence-corrected chi connectivity index (χ1v) is 11.9. The number of rotatable bonds is 11. The topological polar surface area (TPSA) is 120 Å². The molecule has 2 amide bonds.